The van der Waals surface area contributed by atoms with Gasteiger partial charge in [-0.3, -0.25) is 4.79 Å². The number of hydrogen-bond donors (Lipinski definition) is 1. The van der Waals surface area contributed by atoms with Gasteiger partial charge >= 0.3 is 0 Å². The van der Waals surface area contributed by atoms with Gasteiger partial charge in [-0.05, 0) is 43.4 Å². The molecule has 0 aliphatic heterocycles. The van der Waals surface area contributed by atoms with Crippen molar-refractivity contribution in [2.75, 3.05) is 0 Å². The fourth-order valence-corrected chi connectivity index (χ4v) is 2.01. The maximum absolute atomic E-state index is 12.0. The Morgan fingerprint density at radius 3 is 2.59 bits per heavy atom. The quantitative estimate of drug-likeness (QED) is 0.829. The van der Waals surface area contributed by atoms with Crippen LogP contribution in [0.2, 0.25) is 0 Å². The van der Waals surface area contributed by atoms with Gasteiger partial charge in [0.2, 0.25) is 0 Å². The lowest BCUT2D eigenvalue weighted by Crippen LogP contribution is -2.33. The molecule has 1 aromatic rings. The van der Waals surface area contributed by atoms with Gasteiger partial charge in [0.15, 0.2) is 0 Å². The van der Waals surface area contributed by atoms with Crippen LogP contribution in [0.3, 0.4) is 0 Å². The smallest absolute Gasteiger partial charge is 0.251 e. The summed E-state index contributed by atoms with van der Waals surface area (Å²) in [5.74, 6) is 0.640. The third-order valence-corrected chi connectivity index (χ3v) is 2.80. The third kappa shape index (κ3) is 4.59. The van der Waals surface area contributed by atoms with E-state index in [4.69, 9.17) is 0 Å². The molecule has 1 amide bonds. The molecular formula is C15H23NO. The number of amides is 1. The second-order valence-corrected chi connectivity index (χ2v) is 5.06. The lowest BCUT2D eigenvalue weighted by atomic mass is 10.0. The van der Waals surface area contributed by atoms with E-state index in [0.29, 0.717) is 5.92 Å². The summed E-state index contributed by atoms with van der Waals surface area (Å²) < 4.78 is 0. The number of aryl methyl sites for hydroxylation is 1. The molecule has 0 bridgehead atoms. The Morgan fingerprint density at radius 1 is 1.29 bits per heavy atom. The van der Waals surface area contributed by atoms with Crippen molar-refractivity contribution in [3.63, 3.8) is 0 Å². The van der Waals surface area contributed by atoms with Crippen LogP contribution in [0.25, 0.3) is 0 Å². The van der Waals surface area contributed by atoms with E-state index >= 15 is 0 Å². The molecule has 0 saturated heterocycles. The Balaban J connectivity index is 2.63. The van der Waals surface area contributed by atoms with E-state index in [9.17, 15) is 4.79 Å². The molecule has 0 fully saturated rings. The molecular weight excluding hydrogens is 210 g/mol. The molecule has 1 N–H and O–H groups in total. The maximum Gasteiger partial charge on any atom is 0.251 e. The molecule has 94 valence electrons. The van der Waals surface area contributed by atoms with Gasteiger partial charge in [-0.15, -0.1) is 0 Å². The molecule has 1 unspecified atom stereocenters. The van der Waals surface area contributed by atoms with Crippen LogP contribution in [-0.2, 0) is 6.42 Å². The predicted octanol–water partition coefficient (Wildman–Crippen LogP) is 3.41. The van der Waals surface area contributed by atoms with E-state index in [1.54, 1.807) is 0 Å². The molecule has 0 saturated carbocycles. The summed E-state index contributed by atoms with van der Waals surface area (Å²) in [4.78, 5) is 12.0. The average molecular weight is 233 g/mol. The highest BCUT2D eigenvalue weighted by Gasteiger charge is 2.10. The second kappa shape index (κ2) is 6.43. The van der Waals surface area contributed by atoms with Gasteiger partial charge in [-0.1, -0.05) is 32.9 Å². The fourth-order valence-electron chi connectivity index (χ4n) is 2.01. The molecule has 0 aliphatic rings. The van der Waals surface area contributed by atoms with E-state index in [1.807, 2.05) is 24.3 Å². The summed E-state index contributed by atoms with van der Waals surface area (Å²) in [6, 6.07) is 8.07. The zero-order chi connectivity index (χ0) is 12.8. The van der Waals surface area contributed by atoms with Crippen LogP contribution < -0.4 is 5.32 Å². The largest absolute Gasteiger partial charge is 0.350 e. The summed E-state index contributed by atoms with van der Waals surface area (Å²) in [6.45, 7) is 8.49. The number of rotatable bonds is 5. The minimum absolute atomic E-state index is 0.0356. The Bertz CT molecular complexity index is 371. The van der Waals surface area contributed by atoms with Gasteiger partial charge in [-0.2, -0.15) is 0 Å². The van der Waals surface area contributed by atoms with Gasteiger partial charge in [-0.25, -0.2) is 0 Å². The highest BCUT2D eigenvalue weighted by atomic mass is 16.1. The van der Waals surface area contributed by atoms with E-state index in [1.165, 1.54) is 5.56 Å². The minimum Gasteiger partial charge on any atom is -0.350 e. The van der Waals surface area contributed by atoms with Crippen molar-refractivity contribution in [3.05, 3.63) is 35.4 Å². The molecule has 0 aromatic heterocycles. The van der Waals surface area contributed by atoms with Crippen LogP contribution in [-0.4, -0.2) is 11.9 Å². The normalized spacial score (nSPS) is 12.5. The molecule has 0 radical (unpaired) electrons. The number of benzene rings is 1. The molecule has 0 aliphatic carbocycles. The first kappa shape index (κ1) is 13.8. The summed E-state index contributed by atoms with van der Waals surface area (Å²) >= 11 is 0. The fraction of sp³-hybridized carbons (Fsp3) is 0.533. The first-order valence-electron chi connectivity index (χ1n) is 6.42. The summed E-state index contributed by atoms with van der Waals surface area (Å²) in [6.07, 6.45) is 1.97. The van der Waals surface area contributed by atoms with Gasteiger partial charge < -0.3 is 5.32 Å². The molecule has 1 atom stereocenters. The maximum atomic E-state index is 12.0. The molecule has 2 heteroatoms. The van der Waals surface area contributed by atoms with Crippen LogP contribution in [0.4, 0.5) is 0 Å². The van der Waals surface area contributed by atoms with Crippen LogP contribution in [0.15, 0.2) is 24.3 Å². The predicted molar refractivity (Wildman–Crippen MR) is 72.2 cm³/mol. The first-order valence-corrected chi connectivity index (χ1v) is 6.42. The van der Waals surface area contributed by atoms with Gasteiger partial charge in [0.25, 0.3) is 5.91 Å². The van der Waals surface area contributed by atoms with Crippen LogP contribution in [0.1, 0.15) is 50.0 Å². The zero-order valence-electron chi connectivity index (χ0n) is 11.3. The van der Waals surface area contributed by atoms with Crippen molar-refractivity contribution in [2.24, 2.45) is 5.92 Å². The standard InChI is InChI=1S/C15H23NO/c1-5-13-7-6-8-14(10-13)15(17)16-12(4)9-11(2)3/h6-8,10-12H,5,9H2,1-4H3,(H,16,17). The summed E-state index contributed by atoms with van der Waals surface area (Å²) in [5, 5.41) is 3.04. The van der Waals surface area contributed by atoms with Crippen LogP contribution in [0.5, 0.6) is 0 Å². The lowest BCUT2D eigenvalue weighted by Gasteiger charge is -2.16. The Morgan fingerprint density at radius 2 is 2.00 bits per heavy atom. The van der Waals surface area contributed by atoms with E-state index in [0.717, 1.165) is 18.4 Å². The first-order chi connectivity index (χ1) is 8.02. The molecule has 2 nitrogen and oxygen atoms in total. The highest BCUT2D eigenvalue weighted by Crippen LogP contribution is 2.08. The van der Waals surface area contributed by atoms with Crippen molar-refractivity contribution >= 4 is 5.91 Å². The van der Waals surface area contributed by atoms with Crippen LogP contribution >= 0.6 is 0 Å². The summed E-state index contributed by atoms with van der Waals surface area (Å²) in [7, 11) is 0. The Kier molecular flexibility index (Phi) is 5.20. The van der Waals surface area contributed by atoms with Crippen molar-refractivity contribution in [2.45, 2.75) is 46.6 Å². The molecule has 1 aromatic carbocycles. The van der Waals surface area contributed by atoms with E-state index < -0.39 is 0 Å². The number of carbonyl (C=O) groups excluding carboxylic acids is 1. The Hall–Kier alpha value is -1.31. The number of hydrogen-bond acceptors (Lipinski definition) is 1. The highest BCUT2D eigenvalue weighted by molar-refractivity contribution is 5.94. The topological polar surface area (TPSA) is 29.1 Å². The monoisotopic (exact) mass is 233 g/mol. The Labute approximate surface area is 104 Å². The SMILES string of the molecule is CCc1cccc(C(=O)NC(C)CC(C)C)c1. The van der Waals surface area contributed by atoms with E-state index in [-0.39, 0.29) is 11.9 Å². The second-order valence-electron chi connectivity index (χ2n) is 5.06. The molecule has 1 rings (SSSR count). The molecule has 0 spiro atoms. The van der Waals surface area contributed by atoms with Crippen molar-refractivity contribution in [1.82, 2.24) is 5.32 Å². The average Bonchev–Trinajstić information content (AvgIpc) is 2.27. The summed E-state index contributed by atoms with van der Waals surface area (Å²) in [5.41, 5.74) is 1.97. The van der Waals surface area contributed by atoms with E-state index in [2.05, 4.69) is 33.0 Å². The molecule has 0 heterocycles. The van der Waals surface area contributed by atoms with Gasteiger partial charge in [0.05, 0.1) is 0 Å². The van der Waals surface area contributed by atoms with Gasteiger partial charge in [0.1, 0.15) is 0 Å². The lowest BCUT2D eigenvalue weighted by molar-refractivity contribution is 0.0936. The number of nitrogens with one attached hydrogen (secondary N) is 1. The number of carbonyl (C=O) groups is 1. The van der Waals surface area contributed by atoms with Crippen LogP contribution in [0, 0.1) is 5.92 Å². The zero-order valence-corrected chi connectivity index (χ0v) is 11.3. The molecule has 17 heavy (non-hydrogen) atoms. The third-order valence-electron chi connectivity index (χ3n) is 2.80. The van der Waals surface area contributed by atoms with Crippen molar-refractivity contribution in [3.8, 4) is 0 Å². The van der Waals surface area contributed by atoms with Crippen molar-refractivity contribution in [1.29, 1.82) is 0 Å². The van der Waals surface area contributed by atoms with Crippen molar-refractivity contribution < 1.29 is 4.79 Å². The minimum atomic E-state index is 0.0356. The van der Waals surface area contributed by atoms with Gasteiger partial charge in [0, 0.05) is 11.6 Å².